The van der Waals surface area contributed by atoms with E-state index in [1.807, 2.05) is 0 Å². The predicted octanol–water partition coefficient (Wildman–Crippen LogP) is 1.73. The highest BCUT2D eigenvalue weighted by Gasteiger charge is 2.31. The van der Waals surface area contributed by atoms with Crippen molar-refractivity contribution in [2.24, 2.45) is 5.73 Å². The molecule has 1 fully saturated rings. The maximum absolute atomic E-state index is 15.2. The number of hydrogen-bond acceptors (Lipinski definition) is 5. The van der Waals surface area contributed by atoms with Crippen molar-refractivity contribution in [1.29, 1.82) is 5.41 Å². The highest BCUT2D eigenvalue weighted by molar-refractivity contribution is 5.95. The minimum atomic E-state index is -1.59. The normalized spacial score (nSPS) is 14.7. The highest BCUT2D eigenvalue weighted by Crippen LogP contribution is 2.27. The van der Waals surface area contributed by atoms with Crippen LogP contribution in [0.1, 0.15) is 33.2 Å². The second kappa shape index (κ2) is 10.3. The van der Waals surface area contributed by atoms with E-state index in [1.54, 1.807) is 24.3 Å². The quantitative estimate of drug-likeness (QED) is 0.442. The highest BCUT2D eigenvalue weighted by atomic mass is 19.1. The molecule has 1 aliphatic heterocycles. The van der Waals surface area contributed by atoms with Crippen molar-refractivity contribution in [3.05, 3.63) is 70.3 Å². The number of hydrogen-bond donors (Lipinski definition) is 3. The Labute approximate surface area is 183 Å². The van der Waals surface area contributed by atoms with Gasteiger partial charge >= 0.3 is 0 Å². The zero-order chi connectivity index (χ0) is 23.3. The largest absolute Gasteiger partial charge is 0.384 e. The summed E-state index contributed by atoms with van der Waals surface area (Å²) in [7, 11) is 1.15. The Balaban J connectivity index is 1.78. The van der Waals surface area contributed by atoms with E-state index in [-0.39, 0.29) is 17.9 Å². The molecule has 1 atom stereocenters. The molecule has 8 nitrogen and oxygen atoms in total. The molecule has 1 aliphatic rings. The first-order chi connectivity index (χ1) is 15.3. The fourth-order valence-electron chi connectivity index (χ4n) is 3.35. The molecule has 0 unspecified atom stereocenters. The average Bonchev–Trinajstić information content (AvgIpc) is 2.80. The van der Waals surface area contributed by atoms with Gasteiger partial charge in [0, 0.05) is 32.3 Å². The van der Waals surface area contributed by atoms with Gasteiger partial charge in [-0.15, -0.1) is 0 Å². The number of amidine groups is 1. The fourth-order valence-corrected chi connectivity index (χ4v) is 3.35. The van der Waals surface area contributed by atoms with Gasteiger partial charge < -0.3 is 25.4 Å². The molecule has 0 spiro atoms. The molecule has 2 amide bonds. The van der Waals surface area contributed by atoms with Crippen molar-refractivity contribution in [2.45, 2.75) is 12.6 Å². The van der Waals surface area contributed by atoms with E-state index in [0.29, 0.717) is 37.4 Å². The Kier molecular flexibility index (Phi) is 7.49. The maximum Gasteiger partial charge on any atom is 0.257 e. The van der Waals surface area contributed by atoms with E-state index in [4.69, 9.17) is 20.6 Å². The number of nitrogens with two attached hydrogens (primary N) is 1. The molecule has 3 rings (SSSR count). The van der Waals surface area contributed by atoms with Crippen molar-refractivity contribution in [3.8, 4) is 0 Å². The van der Waals surface area contributed by atoms with Crippen molar-refractivity contribution in [2.75, 3.05) is 33.4 Å². The molecule has 1 heterocycles. The zero-order valence-corrected chi connectivity index (χ0v) is 17.5. The summed E-state index contributed by atoms with van der Waals surface area (Å²) in [4.78, 5) is 26.8. The molecular weight excluding hydrogens is 422 g/mol. The number of carbonyl (C=O) groups is 2. The van der Waals surface area contributed by atoms with Crippen LogP contribution in [0.15, 0.2) is 36.4 Å². The van der Waals surface area contributed by atoms with Crippen LogP contribution in [0.25, 0.3) is 0 Å². The number of benzene rings is 2. The molecule has 2 aromatic rings. The molecule has 1 saturated heterocycles. The second-order valence-electron chi connectivity index (χ2n) is 7.17. The molecule has 0 bridgehead atoms. The summed E-state index contributed by atoms with van der Waals surface area (Å²) >= 11 is 0. The number of methoxy groups -OCH3 is 1. The molecule has 2 aromatic carbocycles. The SMILES string of the molecule is CO[C@H](C(=O)NCc1ccc(C(=N)N)cc1)c1c(F)ccc(C(=O)N2CCOCC2)c1F. The van der Waals surface area contributed by atoms with E-state index >= 15 is 4.39 Å². The van der Waals surface area contributed by atoms with Gasteiger partial charge in [-0.1, -0.05) is 24.3 Å². The molecule has 32 heavy (non-hydrogen) atoms. The number of amides is 2. The Hall–Kier alpha value is -3.37. The maximum atomic E-state index is 15.2. The van der Waals surface area contributed by atoms with Gasteiger partial charge in [0.25, 0.3) is 11.8 Å². The summed E-state index contributed by atoms with van der Waals surface area (Å²) in [6.45, 7) is 1.31. The van der Waals surface area contributed by atoms with Gasteiger partial charge in [-0.05, 0) is 17.7 Å². The first-order valence-electron chi connectivity index (χ1n) is 9.92. The summed E-state index contributed by atoms with van der Waals surface area (Å²) in [5.74, 6) is -3.58. The van der Waals surface area contributed by atoms with E-state index in [9.17, 15) is 14.0 Å². The van der Waals surface area contributed by atoms with Crippen LogP contribution in [-0.4, -0.2) is 56.0 Å². The van der Waals surface area contributed by atoms with Gasteiger partial charge in [-0.25, -0.2) is 8.78 Å². The molecule has 170 valence electrons. The van der Waals surface area contributed by atoms with Crippen molar-refractivity contribution in [3.63, 3.8) is 0 Å². The summed E-state index contributed by atoms with van der Waals surface area (Å²) in [6.07, 6.45) is -1.59. The lowest BCUT2D eigenvalue weighted by Crippen LogP contribution is -2.41. The first-order valence-corrected chi connectivity index (χ1v) is 9.92. The van der Waals surface area contributed by atoms with Crippen LogP contribution in [0.2, 0.25) is 0 Å². The minimum Gasteiger partial charge on any atom is -0.384 e. The molecule has 0 aromatic heterocycles. The number of nitrogens with one attached hydrogen (secondary N) is 2. The van der Waals surface area contributed by atoms with E-state index in [0.717, 1.165) is 19.2 Å². The standard InChI is InChI=1S/C22H24F2N4O4/c1-31-19(21(29)27-12-13-2-4-14(5-3-13)20(25)26)17-16(23)7-6-15(18(17)24)22(30)28-8-10-32-11-9-28/h2-7,19H,8-12H2,1H3,(H3,25,26)(H,27,29)/t19-/m0/s1. The number of halogens is 2. The van der Waals surface area contributed by atoms with Crippen LogP contribution < -0.4 is 11.1 Å². The predicted molar refractivity (Wildman–Crippen MR) is 112 cm³/mol. The minimum absolute atomic E-state index is 0.0620. The first kappa shape index (κ1) is 23.3. The molecule has 0 radical (unpaired) electrons. The van der Waals surface area contributed by atoms with E-state index in [2.05, 4.69) is 5.32 Å². The summed E-state index contributed by atoms with van der Waals surface area (Å²) in [5, 5.41) is 9.96. The molecule has 4 N–H and O–H groups in total. The molecule has 0 aliphatic carbocycles. The van der Waals surface area contributed by atoms with Crippen LogP contribution in [0.5, 0.6) is 0 Å². The van der Waals surface area contributed by atoms with Gasteiger partial charge in [0.1, 0.15) is 17.5 Å². The van der Waals surface area contributed by atoms with Gasteiger partial charge in [-0.3, -0.25) is 15.0 Å². The van der Waals surface area contributed by atoms with Gasteiger partial charge in [-0.2, -0.15) is 0 Å². The third-order valence-corrected chi connectivity index (χ3v) is 5.12. The van der Waals surface area contributed by atoms with Crippen LogP contribution in [0.4, 0.5) is 8.78 Å². The van der Waals surface area contributed by atoms with Gasteiger partial charge in [0.15, 0.2) is 6.10 Å². The molecule has 10 heteroatoms. The summed E-state index contributed by atoms with van der Waals surface area (Å²) in [5.41, 5.74) is 5.67. The number of carbonyl (C=O) groups excluding carboxylic acids is 2. The number of nitrogen functional groups attached to an aromatic ring is 1. The Bertz CT molecular complexity index is 1010. The van der Waals surface area contributed by atoms with Crippen molar-refractivity contribution in [1.82, 2.24) is 10.2 Å². The van der Waals surface area contributed by atoms with Crippen LogP contribution in [-0.2, 0) is 20.8 Å². The number of rotatable bonds is 7. The monoisotopic (exact) mass is 446 g/mol. The van der Waals surface area contributed by atoms with Crippen LogP contribution in [0, 0.1) is 17.0 Å². The van der Waals surface area contributed by atoms with Crippen molar-refractivity contribution < 1.29 is 27.8 Å². The summed E-state index contributed by atoms with van der Waals surface area (Å²) < 4.78 is 40.0. The number of morpholine rings is 1. The fraction of sp³-hybridized carbons (Fsp3) is 0.318. The third-order valence-electron chi connectivity index (χ3n) is 5.12. The summed E-state index contributed by atoms with van der Waals surface area (Å²) in [6, 6.07) is 8.59. The Morgan fingerprint density at radius 1 is 1.19 bits per heavy atom. The topological polar surface area (TPSA) is 118 Å². The lowest BCUT2D eigenvalue weighted by molar-refractivity contribution is -0.131. The second-order valence-corrected chi connectivity index (χ2v) is 7.17. The van der Waals surface area contributed by atoms with Gasteiger partial charge in [0.05, 0.1) is 24.3 Å². The molecular formula is C22H24F2N4O4. The van der Waals surface area contributed by atoms with Crippen LogP contribution in [0.3, 0.4) is 0 Å². The van der Waals surface area contributed by atoms with E-state index < -0.39 is 35.1 Å². The Morgan fingerprint density at radius 3 is 2.44 bits per heavy atom. The Morgan fingerprint density at radius 2 is 1.84 bits per heavy atom. The smallest absolute Gasteiger partial charge is 0.257 e. The lowest BCUT2D eigenvalue weighted by atomic mass is 10.0. The van der Waals surface area contributed by atoms with Crippen LogP contribution >= 0.6 is 0 Å². The average molecular weight is 446 g/mol. The zero-order valence-electron chi connectivity index (χ0n) is 17.5. The van der Waals surface area contributed by atoms with Crippen molar-refractivity contribution >= 4 is 17.6 Å². The molecule has 0 saturated carbocycles. The van der Waals surface area contributed by atoms with Gasteiger partial charge in [0.2, 0.25) is 0 Å². The lowest BCUT2D eigenvalue weighted by Gasteiger charge is -2.27. The number of nitrogens with zero attached hydrogens (tertiary/aromatic N) is 1. The van der Waals surface area contributed by atoms with E-state index in [1.165, 1.54) is 4.90 Å². The third kappa shape index (κ3) is 5.09. The number of ether oxygens (including phenoxy) is 2.